The van der Waals surface area contributed by atoms with Gasteiger partial charge >= 0.3 is 0 Å². The largest absolute Gasteiger partial charge is 0.483 e. The minimum Gasteiger partial charge on any atom is -0.483 e. The number of nitrogens with one attached hydrogen (secondary N) is 1. The summed E-state index contributed by atoms with van der Waals surface area (Å²) >= 11 is 0. The molecule has 0 bridgehead atoms. The molecule has 1 aliphatic heterocycles. The van der Waals surface area contributed by atoms with Crippen molar-refractivity contribution in [3.63, 3.8) is 0 Å². The number of oxazole rings is 1. The summed E-state index contributed by atoms with van der Waals surface area (Å²) in [5, 5.41) is 9.97. The Morgan fingerprint density at radius 3 is 2.41 bits per heavy atom. The van der Waals surface area contributed by atoms with Crippen molar-refractivity contribution in [3.8, 4) is 0 Å². The van der Waals surface area contributed by atoms with Crippen LogP contribution in [0.1, 0.15) is 66.4 Å². The van der Waals surface area contributed by atoms with Crippen LogP contribution in [0.25, 0.3) is 0 Å². The summed E-state index contributed by atoms with van der Waals surface area (Å²) in [5.41, 5.74) is 1.91. The highest BCUT2D eigenvalue weighted by molar-refractivity contribution is 5.92. The summed E-state index contributed by atoms with van der Waals surface area (Å²) in [6.07, 6.45) is 5.72. The van der Waals surface area contributed by atoms with Gasteiger partial charge in [-0.2, -0.15) is 0 Å². The zero-order valence-corrected chi connectivity index (χ0v) is 17.3. The van der Waals surface area contributed by atoms with Crippen LogP contribution in [-0.4, -0.2) is 47.0 Å². The summed E-state index contributed by atoms with van der Waals surface area (Å²) in [5.74, 6) is 0.773. The molecule has 0 spiro atoms. The maximum absolute atomic E-state index is 12.6. The van der Waals surface area contributed by atoms with Crippen LogP contribution in [0.2, 0.25) is 0 Å². The molecule has 2 aromatic rings. The third-order valence-corrected chi connectivity index (χ3v) is 5.07. The first kappa shape index (κ1) is 22.6. The summed E-state index contributed by atoms with van der Waals surface area (Å²) in [7, 11) is 0. The summed E-state index contributed by atoms with van der Waals surface area (Å²) in [6, 6.07) is 10.7. The molecule has 2 N–H and O–H groups in total. The van der Waals surface area contributed by atoms with E-state index in [-0.39, 0.29) is 18.4 Å². The second-order valence-electron chi connectivity index (χ2n) is 7.07. The molecule has 0 radical (unpaired) electrons. The molecule has 0 aliphatic carbocycles. The van der Waals surface area contributed by atoms with E-state index in [9.17, 15) is 4.79 Å². The first-order valence-electron chi connectivity index (χ1n) is 10.2. The lowest BCUT2D eigenvalue weighted by molar-refractivity contribution is -0.122. The van der Waals surface area contributed by atoms with E-state index >= 15 is 0 Å². The van der Waals surface area contributed by atoms with Crippen LogP contribution in [0, 0.1) is 6.92 Å². The molecule has 7 heteroatoms. The smallest absolute Gasteiger partial charge is 0.290 e. The summed E-state index contributed by atoms with van der Waals surface area (Å²) in [4.78, 5) is 27.8. The fraction of sp³-hybridized carbons (Fsp3) is 0.500. The van der Waals surface area contributed by atoms with Crippen LogP contribution < -0.4 is 5.32 Å². The average molecular weight is 402 g/mol. The minimum atomic E-state index is -0.250. The second-order valence-corrected chi connectivity index (χ2v) is 7.07. The van der Waals surface area contributed by atoms with Crippen molar-refractivity contribution in [1.82, 2.24) is 15.2 Å². The van der Waals surface area contributed by atoms with Gasteiger partial charge in [-0.1, -0.05) is 50.1 Å². The molecule has 1 aromatic heterocycles. The normalized spacial score (nSPS) is 15.5. The number of aromatic nitrogens is 1. The Hall–Kier alpha value is -2.67. The number of amides is 1. The fourth-order valence-electron chi connectivity index (χ4n) is 3.62. The van der Waals surface area contributed by atoms with Crippen LogP contribution >= 0.6 is 0 Å². The molecule has 29 heavy (non-hydrogen) atoms. The minimum absolute atomic E-state index is 0.176. The molecule has 0 saturated carbocycles. The summed E-state index contributed by atoms with van der Waals surface area (Å²) in [6.45, 7) is 6.27. The van der Waals surface area contributed by atoms with E-state index in [1.54, 1.807) is 0 Å². The van der Waals surface area contributed by atoms with Crippen LogP contribution in [-0.2, 0) is 11.2 Å². The van der Waals surface area contributed by atoms with Gasteiger partial charge in [-0.25, -0.2) is 4.98 Å². The van der Waals surface area contributed by atoms with Gasteiger partial charge in [-0.05, 0) is 38.4 Å². The first-order valence-corrected chi connectivity index (χ1v) is 10.2. The molecular weight excluding hydrogens is 370 g/mol. The van der Waals surface area contributed by atoms with Crippen LogP contribution in [0.5, 0.6) is 0 Å². The van der Waals surface area contributed by atoms with E-state index in [4.69, 9.17) is 14.3 Å². The van der Waals surface area contributed by atoms with Crippen molar-refractivity contribution in [1.29, 1.82) is 0 Å². The highest BCUT2D eigenvalue weighted by Crippen LogP contribution is 2.24. The number of aryl methyl sites for hydroxylation is 2. The number of hydrogen-bond donors (Lipinski definition) is 2. The van der Waals surface area contributed by atoms with Gasteiger partial charge in [0.05, 0.1) is 11.7 Å². The number of benzene rings is 1. The van der Waals surface area contributed by atoms with Crippen LogP contribution in [0.3, 0.4) is 0 Å². The number of carbonyl (C=O) groups excluding carboxylic acids is 1. The Kier molecular flexibility index (Phi) is 9.37. The lowest BCUT2D eigenvalue weighted by atomic mass is 10.0. The molecule has 1 unspecified atom stereocenters. The Bertz CT molecular complexity index is 753. The molecule has 1 atom stereocenters. The molecule has 158 valence electrons. The SMILES string of the molecule is CCc1nc(C)c(C(=O)NCC(c2ccccc2)N2CCCCCC2)o1.O=CO. The zero-order valence-electron chi connectivity index (χ0n) is 17.3. The molecule has 1 aromatic carbocycles. The number of hydrogen-bond acceptors (Lipinski definition) is 5. The van der Waals surface area contributed by atoms with Crippen molar-refractivity contribution in [2.75, 3.05) is 19.6 Å². The maximum Gasteiger partial charge on any atom is 0.290 e. The molecule has 1 aliphatic rings. The predicted octanol–water partition coefficient (Wildman–Crippen LogP) is 3.59. The van der Waals surface area contributed by atoms with E-state index < -0.39 is 0 Å². The van der Waals surface area contributed by atoms with Crippen molar-refractivity contribution in [2.24, 2.45) is 0 Å². The third-order valence-electron chi connectivity index (χ3n) is 5.07. The Morgan fingerprint density at radius 2 is 1.86 bits per heavy atom. The molecule has 2 heterocycles. The molecule has 1 saturated heterocycles. The van der Waals surface area contributed by atoms with Gasteiger partial charge in [0.25, 0.3) is 12.4 Å². The maximum atomic E-state index is 12.6. The molecule has 1 amide bonds. The third kappa shape index (κ3) is 6.71. The van der Waals surface area contributed by atoms with E-state index in [1.807, 2.05) is 19.9 Å². The monoisotopic (exact) mass is 401 g/mol. The van der Waals surface area contributed by atoms with Crippen LogP contribution in [0.15, 0.2) is 34.7 Å². The Morgan fingerprint density at radius 1 is 1.24 bits per heavy atom. The number of carboxylic acid groups (broad SMARTS) is 1. The van der Waals surface area contributed by atoms with Crippen molar-refractivity contribution in [2.45, 2.75) is 52.0 Å². The Balaban J connectivity index is 0.000000941. The number of likely N-dealkylation sites (tertiary alicyclic amines) is 1. The zero-order chi connectivity index (χ0) is 21.1. The van der Waals surface area contributed by atoms with E-state index in [2.05, 4.69) is 39.5 Å². The molecule has 7 nitrogen and oxygen atoms in total. The van der Waals surface area contributed by atoms with Gasteiger partial charge in [-0.3, -0.25) is 14.5 Å². The predicted molar refractivity (Wildman–Crippen MR) is 111 cm³/mol. The fourth-order valence-corrected chi connectivity index (χ4v) is 3.62. The average Bonchev–Trinajstić information content (AvgIpc) is 2.92. The standard InChI is InChI=1S/C21H29N3O2.CH2O2/c1-3-19-23-16(2)20(26-19)21(25)22-15-18(17-11-7-6-8-12-17)24-13-9-4-5-10-14-24;2-1-3/h6-8,11-12,18H,3-5,9-10,13-15H2,1-2H3,(H,22,25);1H,(H,2,3). The van der Waals surface area contributed by atoms with Crippen LogP contribution in [0.4, 0.5) is 0 Å². The molecule has 1 fully saturated rings. The second kappa shape index (κ2) is 12.0. The van der Waals surface area contributed by atoms with Gasteiger partial charge in [0.2, 0.25) is 5.76 Å². The van der Waals surface area contributed by atoms with Gasteiger partial charge in [0.15, 0.2) is 5.89 Å². The van der Waals surface area contributed by atoms with E-state index in [0.717, 1.165) is 13.1 Å². The topological polar surface area (TPSA) is 95.7 Å². The lowest BCUT2D eigenvalue weighted by Gasteiger charge is -2.31. The number of nitrogens with zero attached hydrogens (tertiary/aromatic N) is 2. The van der Waals surface area contributed by atoms with Crippen molar-refractivity contribution in [3.05, 3.63) is 53.2 Å². The van der Waals surface area contributed by atoms with Gasteiger partial charge < -0.3 is 14.8 Å². The number of carbonyl (C=O) groups is 2. The van der Waals surface area contributed by atoms with Gasteiger partial charge in [0.1, 0.15) is 0 Å². The highest BCUT2D eigenvalue weighted by atomic mass is 16.4. The quantitative estimate of drug-likeness (QED) is 0.718. The highest BCUT2D eigenvalue weighted by Gasteiger charge is 2.24. The molecule has 3 rings (SSSR count). The van der Waals surface area contributed by atoms with Gasteiger partial charge in [-0.15, -0.1) is 0 Å². The van der Waals surface area contributed by atoms with Crippen molar-refractivity contribution >= 4 is 12.4 Å². The first-order chi connectivity index (χ1) is 14.1. The number of rotatable bonds is 6. The van der Waals surface area contributed by atoms with E-state index in [1.165, 1.54) is 31.2 Å². The van der Waals surface area contributed by atoms with E-state index in [0.29, 0.717) is 30.3 Å². The molecular formula is C22H31N3O4. The Labute approximate surface area is 172 Å². The van der Waals surface area contributed by atoms with Crippen molar-refractivity contribution < 1.29 is 19.1 Å². The summed E-state index contributed by atoms with van der Waals surface area (Å²) < 4.78 is 5.59. The van der Waals surface area contributed by atoms with Gasteiger partial charge in [0, 0.05) is 13.0 Å². The lowest BCUT2D eigenvalue weighted by Crippen LogP contribution is -2.38.